The lowest BCUT2D eigenvalue weighted by Gasteiger charge is -2.33. The second-order valence-electron chi connectivity index (χ2n) is 7.04. The summed E-state index contributed by atoms with van der Waals surface area (Å²) in [6, 6.07) is 16.7. The molecule has 1 aliphatic rings. The van der Waals surface area contributed by atoms with Crippen molar-refractivity contribution in [2.24, 2.45) is 0 Å². The Kier molecular flexibility index (Phi) is 5.74. The first-order valence-corrected chi connectivity index (χ1v) is 9.83. The third-order valence-electron chi connectivity index (χ3n) is 5.45. The van der Waals surface area contributed by atoms with Gasteiger partial charge in [0.05, 0.1) is 25.8 Å². The van der Waals surface area contributed by atoms with Crippen LogP contribution in [0.25, 0.3) is 10.9 Å². The quantitative estimate of drug-likeness (QED) is 0.736. The normalized spacial score (nSPS) is 16.5. The van der Waals surface area contributed by atoms with Crippen molar-refractivity contribution in [3.8, 4) is 11.5 Å². The van der Waals surface area contributed by atoms with Crippen LogP contribution < -0.4 is 14.8 Å². The van der Waals surface area contributed by atoms with Gasteiger partial charge in [-0.3, -0.25) is 9.88 Å². The molecule has 2 heterocycles. The van der Waals surface area contributed by atoms with Gasteiger partial charge in [-0.15, -0.1) is 0 Å². The number of benzene rings is 2. The van der Waals surface area contributed by atoms with Crippen molar-refractivity contribution in [3.05, 3.63) is 65.9 Å². The smallest absolute Gasteiger partial charge is 0.165 e. The summed E-state index contributed by atoms with van der Waals surface area (Å²) in [5.74, 6) is 1.56. The van der Waals surface area contributed by atoms with E-state index in [1.54, 1.807) is 14.2 Å². The summed E-state index contributed by atoms with van der Waals surface area (Å²) in [5.41, 5.74) is 3.39. The molecule has 0 amide bonds. The molecule has 1 aliphatic heterocycles. The van der Waals surface area contributed by atoms with Gasteiger partial charge in [-0.25, -0.2) is 0 Å². The Morgan fingerprint density at radius 2 is 1.82 bits per heavy atom. The zero-order valence-corrected chi connectivity index (χ0v) is 16.5. The van der Waals surface area contributed by atoms with Crippen molar-refractivity contribution in [2.75, 3.05) is 40.4 Å². The van der Waals surface area contributed by atoms with Crippen molar-refractivity contribution < 1.29 is 9.47 Å². The van der Waals surface area contributed by atoms with E-state index in [9.17, 15) is 0 Å². The number of pyridine rings is 1. The summed E-state index contributed by atoms with van der Waals surface area (Å²) in [6.07, 6.45) is 3.03. The molecule has 0 spiro atoms. The predicted molar refractivity (Wildman–Crippen MR) is 112 cm³/mol. The molecular formula is C23H27N3O2. The molecule has 2 aromatic carbocycles. The fourth-order valence-corrected chi connectivity index (χ4v) is 4.17. The highest BCUT2D eigenvalue weighted by atomic mass is 16.5. The summed E-state index contributed by atoms with van der Waals surface area (Å²) in [7, 11) is 3.40. The lowest BCUT2D eigenvalue weighted by molar-refractivity contribution is 0.235. The number of rotatable bonds is 5. The third kappa shape index (κ3) is 3.55. The molecule has 0 saturated carbocycles. The summed E-state index contributed by atoms with van der Waals surface area (Å²) >= 11 is 0. The van der Waals surface area contributed by atoms with Gasteiger partial charge in [-0.1, -0.05) is 30.3 Å². The van der Waals surface area contributed by atoms with Crippen molar-refractivity contribution in [3.63, 3.8) is 0 Å². The number of nitrogens with zero attached hydrogens (tertiary/aromatic N) is 2. The molecule has 1 saturated heterocycles. The molecule has 28 heavy (non-hydrogen) atoms. The van der Waals surface area contributed by atoms with Gasteiger partial charge in [0.15, 0.2) is 11.5 Å². The number of fused-ring (bicyclic) bond motifs is 1. The standard InChI is InChI=1S/C23H27N3O2/c1-27-21-10-5-8-19(23(21)28-2)22(26-15-6-12-24-14-16-26)18-11-13-25-20-9-4-3-7-17(18)20/h3-5,7-11,13,22,24H,6,12,14-16H2,1-2H3. The van der Waals surface area contributed by atoms with E-state index in [1.165, 1.54) is 10.9 Å². The van der Waals surface area contributed by atoms with Crippen LogP contribution in [0, 0.1) is 0 Å². The van der Waals surface area contributed by atoms with E-state index in [0.717, 1.165) is 55.2 Å². The van der Waals surface area contributed by atoms with Crippen molar-refractivity contribution in [1.29, 1.82) is 0 Å². The minimum Gasteiger partial charge on any atom is -0.493 e. The maximum absolute atomic E-state index is 5.82. The second kappa shape index (κ2) is 8.59. The monoisotopic (exact) mass is 377 g/mol. The molecule has 0 aliphatic carbocycles. The van der Waals surface area contributed by atoms with Gasteiger partial charge in [0.1, 0.15) is 0 Å². The van der Waals surface area contributed by atoms with Crippen molar-refractivity contribution >= 4 is 10.9 Å². The maximum atomic E-state index is 5.82. The van der Waals surface area contributed by atoms with Crippen LogP contribution in [0.1, 0.15) is 23.6 Å². The zero-order chi connectivity index (χ0) is 19.3. The minimum atomic E-state index is 0.0675. The van der Waals surface area contributed by atoms with Crippen LogP contribution in [0.4, 0.5) is 0 Å². The molecule has 0 radical (unpaired) electrons. The Hall–Kier alpha value is -2.63. The number of aromatic nitrogens is 1. The van der Waals surface area contributed by atoms with Crippen LogP contribution in [0.5, 0.6) is 11.5 Å². The Morgan fingerprint density at radius 3 is 2.68 bits per heavy atom. The van der Waals surface area contributed by atoms with Crippen LogP contribution in [0.3, 0.4) is 0 Å². The highest BCUT2D eigenvalue weighted by Gasteiger charge is 2.28. The van der Waals surface area contributed by atoms with Crippen molar-refractivity contribution in [2.45, 2.75) is 12.5 Å². The summed E-state index contributed by atoms with van der Waals surface area (Å²) in [5, 5.41) is 4.69. The molecule has 3 aromatic rings. The summed E-state index contributed by atoms with van der Waals surface area (Å²) in [6.45, 7) is 4.03. The van der Waals surface area contributed by atoms with Crippen LogP contribution >= 0.6 is 0 Å². The maximum Gasteiger partial charge on any atom is 0.165 e. The predicted octanol–water partition coefficient (Wildman–Crippen LogP) is 3.64. The van der Waals surface area contributed by atoms with Gasteiger partial charge in [0.25, 0.3) is 0 Å². The molecular weight excluding hydrogens is 350 g/mol. The molecule has 1 fully saturated rings. The van der Waals surface area contributed by atoms with Gasteiger partial charge in [0, 0.05) is 36.8 Å². The summed E-state index contributed by atoms with van der Waals surface area (Å²) < 4.78 is 11.4. The first-order chi connectivity index (χ1) is 13.8. The van der Waals surface area contributed by atoms with E-state index in [0.29, 0.717) is 0 Å². The molecule has 4 rings (SSSR count). The molecule has 1 aromatic heterocycles. The highest BCUT2D eigenvalue weighted by Crippen LogP contribution is 2.41. The topological polar surface area (TPSA) is 46.6 Å². The molecule has 1 N–H and O–H groups in total. The van der Waals surface area contributed by atoms with E-state index in [1.807, 2.05) is 24.4 Å². The van der Waals surface area contributed by atoms with Crippen molar-refractivity contribution in [1.82, 2.24) is 15.2 Å². The van der Waals surface area contributed by atoms with E-state index >= 15 is 0 Å². The molecule has 1 atom stereocenters. The Bertz CT molecular complexity index is 931. The average Bonchev–Trinajstić information content (AvgIpc) is 3.03. The second-order valence-corrected chi connectivity index (χ2v) is 7.04. The molecule has 1 unspecified atom stereocenters. The molecule has 146 valence electrons. The number of hydrogen-bond donors (Lipinski definition) is 1. The first kappa shape index (κ1) is 18.7. The molecule has 5 nitrogen and oxygen atoms in total. The molecule has 0 bridgehead atoms. The van der Waals surface area contributed by atoms with Crippen LogP contribution in [-0.4, -0.2) is 50.3 Å². The third-order valence-corrected chi connectivity index (χ3v) is 5.45. The number of ether oxygens (including phenoxy) is 2. The van der Waals surface area contributed by atoms with E-state index in [4.69, 9.17) is 9.47 Å². The van der Waals surface area contributed by atoms with Gasteiger partial charge in [0.2, 0.25) is 0 Å². The van der Waals surface area contributed by atoms with E-state index < -0.39 is 0 Å². The molecule has 5 heteroatoms. The lowest BCUT2D eigenvalue weighted by atomic mass is 9.93. The zero-order valence-electron chi connectivity index (χ0n) is 16.5. The Balaban J connectivity index is 1.92. The first-order valence-electron chi connectivity index (χ1n) is 9.83. The van der Waals surface area contributed by atoms with Crippen LogP contribution in [0.15, 0.2) is 54.7 Å². The number of para-hydroxylation sites is 2. The fraction of sp³-hybridized carbons (Fsp3) is 0.348. The average molecular weight is 377 g/mol. The Morgan fingerprint density at radius 1 is 0.929 bits per heavy atom. The highest BCUT2D eigenvalue weighted by molar-refractivity contribution is 5.83. The number of methoxy groups -OCH3 is 2. The van der Waals surface area contributed by atoms with Gasteiger partial charge >= 0.3 is 0 Å². The summed E-state index contributed by atoms with van der Waals surface area (Å²) in [4.78, 5) is 7.11. The lowest BCUT2D eigenvalue weighted by Crippen LogP contribution is -2.33. The van der Waals surface area contributed by atoms with Crippen LogP contribution in [-0.2, 0) is 0 Å². The Labute approximate surface area is 166 Å². The van der Waals surface area contributed by atoms with E-state index in [2.05, 4.69) is 45.5 Å². The van der Waals surface area contributed by atoms with E-state index in [-0.39, 0.29) is 6.04 Å². The largest absolute Gasteiger partial charge is 0.493 e. The van der Waals surface area contributed by atoms with Gasteiger partial charge in [-0.05, 0) is 36.7 Å². The van der Waals surface area contributed by atoms with Gasteiger partial charge in [-0.2, -0.15) is 0 Å². The number of hydrogen-bond acceptors (Lipinski definition) is 5. The van der Waals surface area contributed by atoms with Gasteiger partial charge < -0.3 is 14.8 Å². The fourth-order valence-electron chi connectivity index (χ4n) is 4.17. The minimum absolute atomic E-state index is 0.0675. The number of nitrogens with one attached hydrogen (secondary N) is 1. The SMILES string of the molecule is COc1cccc(C(c2ccnc3ccccc23)N2CCCNCC2)c1OC. The van der Waals surface area contributed by atoms with Crippen LogP contribution in [0.2, 0.25) is 0 Å².